The number of halogens is 6. The van der Waals surface area contributed by atoms with E-state index in [1.54, 1.807) is 0 Å². The van der Waals surface area contributed by atoms with Gasteiger partial charge in [-0.3, -0.25) is 14.6 Å². The van der Waals surface area contributed by atoms with Gasteiger partial charge in [0.05, 0.1) is 37.3 Å². The maximum absolute atomic E-state index is 10.6. The Morgan fingerprint density at radius 1 is 1.11 bits per heavy atom. The van der Waals surface area contributed by atoms with Crippen LogP contribution in [-0.2, 0) is 39.3 Å². The Balaban J connectivity index is 0.000000301. The van der Waals surface area contributed by atoms with Gasteiger partial charge in [-0.1, -0.05) is 6.07 Å². The van der Waals surface area contributed by atoms with E-state index in [9.17, 15) is 26.3 Å². The molecule has 38 heavy (non-hydrogen) atoms. The van der Waals surface area contributed by atoms with Crippen molar-refractivity contribution < 1.29 is 55.6 Å². The SMILES string of the molecule is Cn1cc(CN2CCO[C@H]3[C@H](OCc4ccccn4)CC[C@@H]32)cn1.O=C(O)C(F)(F)F.O=C(O)C(F)(F)F. The van der Waals surface area contributed by atoms with E-state index < -0.39 is 24.3 Å². The monoisotopic (exact) mass is 556 g/mol. The highest BCUT2D eigenvalue weighted by atomic mass is 19.4. The van der Waals surface area contributed by atoms with Gasteiger partial charge in [0.15, 0.2) is 0 Å². The average Bonchev–Trinajstić information content (AvgIpc) is 3.44. The number of nitrogens with zero attached hydrogens (tertiary/aromatic N) is 4. The fourth-order valence-corrected chi connectivity index (χ4v) is 3.83. The molecule has 1 saturated heterocycles. The van der Waals surface area contributed by atoms with Crippen molar-refractivity contribution in [1.29, 1.82) is 0 Å². The molecule has 0 radical (unpaired) electrons. The van der Waals surface area contributed by atoms with Gasteiger partial charge in [0.25, 0.3) is 0 Å². The first-order valence-corrected chi connectivity index (χ1v) is 11.1. The van der Waals surface area contributed by atoms with Gasteiger partial charge in [0.2, 0.25) is 0 Å². The molecule has 10 nitrogen and oxygen atoms in total. The number of fused-ring (bicyclic) bond motifs is 1. The molecule has 0 bridgehead atoms. The van der Waals surface area contributed by atoms with Crippen LogP contribution in [0.15, 0.2) is 36.8 Å². The molecule has 2 aromatic rings. The maximum atomic E-state index is 10.6. The van der Waals surface area contributed by atoms with E-state index in [1.165, 1.54) is 5.56 Å². The number of alkyl halides is 6. The standard InChI is InChI=1S/C18H24N4O2.2C2HF3O2/c1-21-11-14(10-20-21)12-22-8-9-23-18-16(22)5-6-17(18)24-13-15-4-2-3-7-19-15;2*3-2(4,5)1(6)7/h2-4,7,10-11,16-18H,5-6,8-9,12-13H2,1H3;2*(H,6,7)/t16-,17+,18+;;/m0../s1. The zero-order valence-corrected chi connectivity index (χ0v) is 20.0. The van der Waals surface area contributed by atoms with Crippen LogP contribution >= 0.6 is 0 Å². The highest BCUT2D eigenvalue weighted by Gasteiger charge is 2.43. The third-order valence-electron chi connectivity index (χ3n) is 5.45. The van der Waals surface area contributed by atoms with Crippen LogP contribution in [0.5, 0.6) is 0 Å². The molecule has 1 aliphatic heterocycles. The van der Waals surface area contributed by atoms with Crippen LogP contribution in [0.2, 0.25) is 0 Å². The van der Waals surface area contributed by atoms with Crippen LogP contribution in [0.25, 0.3) is 0 Å². The van der Waals surface area contributed by atoms with E-state index in [1.807, 2.05) is 42.3 Å². The Hall–Kier alpha value is -3.24. The molecule has 2 fully saturated rings. The second-order valence-electron chi connectivity index (χ2n) is 8.25. The van der Waals surface area contributed by atoms with Crippen LogP contribution in [-0.4, -0.2) is 85.6 Å². The summed E-state index contributed by atoms with van der Waals surface area (Å²) in [5.41, 5.74) is 2.24. The van der Waals surface area contributed by atoms with Gasteiger partial charge in [-0.15, -0.1) is 0 Å². The Kier molecular flexibility index (Phi) is 11.0. The zero-order valence-electron chi connectivity index (χ0n) is 20.0. The number of hydrogen-bond acceptors (Lipinski definition) is 7. The Labute approximate surface area is 212 Å². The quantitative estimate of drug-likeness (QED) is 0.535. The zero-order chi connectivity index (χ0) is 28.5. The maximum Gasteiger partial charge on any atom is 0.490 e. The first-order chi connectivity index (χ1) is 17.7. The minimum absolute atomic E-state index is 0.161. The van der Waals surface area contributed by atoms with E-state index >= 15 is 0 Å². The summed E-state index contributed by atoms with van der Waals surface area (Å²) in [6, 6.07) is 6.36. The van der Waals surface area contributed by atoms with Crippen molar-refractivity contribution in [3.8, 4) is 0 Å². The normalized spacial score (nSPS) is 21.4. The Bertz CT molecular complexity index is 1010. The van der Waals surface area contributed by atoms with Gasteiger partial charge < -0.3 is 19.7 Å². The van der Waals surface area contributed by atoms with Gasteiger partial charge >= 0.3 is 24.3 Å². The molecule has 0 amide bonds. The van der Waals surface area contributed by atoms with Crippen molar-refractivity contribution >= 4 is 11.9 Å². The predicted octanol–water partition coefficient (Wildman–Crippen LogP) is 3.03. The lowest BCUT2D eigenvalue weighted by atomic mass is 10.1. The predicted molar refractivity (Wildman–Crippen MR) is 117 cm³/mol. The lowest BCUT2D eigenvalue weighted by Crippen LogP contribution is -2.51. The molecule has 2 aromatic heterocycles. The number of hydrogen-bond donors (Lipinski definition) is 2. The fourth-order valence-electron chi connectivity index (χ4n) is 3.83. The van der Waals surface area contributed by atoms with Crippen molar-refractivity contribution in [2.75, 3.05) is 13.2 Å². The molecule has 16 heteroatoms. The van der Waals surface area contributed by atoms with E-state index in [4.69, 9.17) is 29.3 Å². The minimum atomic E-state index is -5.08. The van der Waals surface area contributed by atoms with Crippen molar-refractivity contribution in [3.05, 3.63) is 48.0 Å². The Morgan fingerprint density at radius 3 is 2.24 bits per heavy atom. The van der Waals surface area contributed by atoms with Gasteiger partial charge in [0, 0.05) is 44.1 Å². The largest absolute Gasteiger partial charge is 0.490 e. The van der Waals surface area contributed by atoms with Gasteiger partial charge in [-0.25, -0.2) is 9.59 Å². The number of morpholine rings is 1. The number of ether oxygens (including phenoxy) is 2. The number of carbonyl (C=O) groups is 2. The highest BCUT2D eigenvalue weighted by Crippen LogP contribution is 2.33. The van der Waals surface area contributed by atoms with Crippen molar-refractivity contribution in [1.82, 2.24) is 19.7 Å². The summed E-state index contributed by atoms with van der Waals surface area (Å²) in [5.74, 6) is -5.51. The van der Waals surface area contributed by atoms with Gasteiger partial charge in [-0.2, -0.15) is 31.4 Å². The summed E-state index contributed by atoms with van der Waals surface area (Å²) < 4.78 is 77.5. The van der Waals surface area contributed by atoms with Gasteiger partial charge in [-0.05, 0) is 25.0 Å². The summed E-state index contributed by atoms with van der Waals surface area (Å²) in [4.78, 5) is 24.6. The minimum Gasteiger partial charge on any atom is -0.475 e. The van der Waals surface area contributed by atoms with Crippen LogP contribution < -0.4 is 0 Å². The number of rotatable bonds is 5. The fraction of sp³-hybridized carbons (Fsp3) is 0.545. The first kappa shape index (κ1) is 31.0. The number of carboxylic acid groups (broad SMARTS) is 2. The molecule has 2 N–H and O–H groups in total. The van der Waals surface area contributed by atoms with Crippen molar-refractivity contribution in [2.45, 2.75) is 56.6 Å². The van der Waals surface area contributed by atoms with Gasteiger partial charge in [0.1, 0.15) is 0 Å². The molecule has 0 spiro atoms. The van der Waals surface area contributed by atoms with E-state index in [-0.39, 0.29) is 12.2 Å². The van der Waals surface area contributed by atoms with Crippen LogP contribution in [0.3, 0.4) is 0 Å². The highest BCUT2D eigenvalue weighted by molar-refractivity contribution is 5.73. The third kappa shape index (κ3) is 9.90. The summed E-state index contributed by atoms with van der Waals surface area (Å²) >= 11 is 0. The second kappa shape index (κ2) is 13.5. The summed E-state index contributed by atoms with van der Waals surface area (Å²) in [6.07, 6.45) is -1.82. The molecule has 4 rings (SSSR count). The smallest absolute Gasteiger partial charge is 0.475 e. The van der Waals surface area contributed by atoms with Crippen molar-refractivity contribution in [3.63, 3.8) is 0 Å². The number of aryl methyl sites for hydroxylation is 1. The second-order valence-corrected chi connectivity index (χ2v) is 8.25. The van der Waals surface area contributed by atoms with E-state index in [0.29, 0.717) is 12.6 Å². The van der Waals surface area contributed by atoms with Crippen LogP contribution in [0.1, 0.15) is 24.1 Å². The number of aromatic nitrogens is 3. The van der Waals surface area contributed by atoms with Crippen LogP contribution in [0, 0.1) is 0 Å². The first-order valence-electron chi connectivity index (χ1n) is 11.1. The summed E-state index contributed by atoms with van der Waals surface area (Å²) in [6.45, 7) is 3.24. The topological polar surface area (TPSA) is 127 Å². The molecule has 1 aliphatic carbocycles. The lowest BCUT2D eigenvalue weighted by molar-refractivity contribution is -0.193. The average molecular weight is 556 g/mol. The third-order valence-corrected chi connectivity index (χ3v) is 5.45. The molecular formula is C22H26F6N4O6. The number of carboxylic acids is 2. The molecule has 0 unspecified atom stereocenters. The van der Waals surface area contributed by atoms with Crippen LogP contribution in [0.4, 0.5) is 26.3 Å². The van der Waals surface area contributed by atoms with Crippen molar-refractivity contribution in [2.24, 2.45) is 7.05 Å². The Morgan fingerprint density at radius 2 is 1.74 bits per heavy atom. The molecule has 0 aromatic carbocycles. The summed E-state index contributed by atoms with van der Waals surface area (Å²) in [5, 5.41) is 18.5. The molecular weight excluding hydrogens is 530 g/mol. The summed E-state index contributed by atoms with van der Waals surface area (Å²) in [7, 11) is 1.96. The van der Waals surface area contributed by atoms with E-state index in [0.717, 1.165) is 38.2 Å². The molecule has 2 aliphatic rings. The number of aliphatic carboxylic acids is 2. The number of pyridine rings is 1. The molecule has 1 saturated carbocycles. The molecule has 212 valence electrons. The molecule has 3 atom stereocenters. The lowest BCUT2D eigenvalue weighted by Gasteiger charge is -2.38. The molecule has 3 heterocycles. The van der Waals surface area contributed by atoms with E-state index in [2.05, 4.69) is 21.2 Å².